The van der Waals surface area contributed by atoms with Crippen LogP contribution >= 0.6 is 0 Å². The number of rotatable bonds is 3. The van der Waals surface area contributed by atoms with E-state index in [-0.39, 0.29) is 5.92 Å². The molecule has 2 atom stereocenters. The Morgan fingerprint density at radius 3 is 2.91 bits per heavy atom. The molecule has 66 valence electrons. The van der Waals surface area contributed by atoms with Gasteiger partial charge in [-0.05, 0) is 13.3 Å². The molecule has 0 aromatic rings. The van der Waals surface area contributed by atoms with E-state index < -0.39 is 5.60 Å². The Morgan fingerprint density at radius 1 is 1.73 bits per heavy atom. The maximum Gasteiger partial charge on any atom is 0.0902 e. The van der Waals surface area contributed by atoms with Gasteiger partial charge < -0.3 is 14.6 Å². The molecule has 0 aromatic carbocycles. The van der Waals surface area contributed by atoms with Gasteiger partial charge in [0.05, 0.1) is 18.8 Å². The number of hydrogen-bond donors (Lipinski definition) is 1. The van der Waals surface area contributed by atoms with Crippen molar-refractivity contribution >= 4 is 0 Å². The van der Waals surface area contributed by atoms with E-state index in [1.165, 1.54) is 0 Å². The Balaban J connectivity index is 2.41. The minimum Gasteiger partial charge on any atom is -0.387 e. The third kappa shape index (κ3) is 2.15. The lowest BCUT2D eigenvalue weighted by Gasteiger charge is -2.27. The van der Waals surface area contributed by atoms with Gasteiger partial charge in [-0.3, -0.25) is 0 Å². The summed E-state index contributed by atoms with van der Waals surface area (Å²) in [4.78, 5) is 0. The average molecular weight is 160 g/mol. The lowest BCUT2D eigenvalue weighted by molar-refractivity contribution is -0.0609. The van der Waals surface area contributed by atoms with Gasteiger partial charge >= 0.3 is 0 Å². The molecule has 0 amide bonds. The zero-order valence-electron chi connectivity index (χ0n) is 7.17. The second-order valence-electron chi connectivity index (χ2n) is 3.35. The van der Waals surface area contributed by atoms with Crippen molar-refractivity contribution in [3.8, 4) is 0 Å². The van der Waals surface area contributed by atoms with Crippen LogP contribution in [0.15, 0.2) is 0 Å². The van der Waals surface area contributed by atoms with Crippen LogP contribution in [0.3, 0.4) is 0 Å². The molecule has 0 bridgehead atoms. The fraction of sp³-hybridized carbons (Fsp3) is 1.00. The summed E-state index contributed by atoms with van der Waals surface area (Å²) in [6, 6.07) is 0. The second-order valence-corrected chi connectivity index (χ2v) is 3.35. The van der Waals surface area contributed by atoms with Gasteiger partial charge in [0.25, 0.3) is 0 Å². The van der Waals surface area contributed by atoms with Crippen LogP contribution in [0, 0.1) is 5.92 Å². The molecule has 3 nitrogen and oxygen atoms in total. The van der Waals surface area contributed by atoms with Crippen LogP contribution in [-0.2, 0) is 9.47 Å². The fourth-order valence-corrected chi connectivity index (χ4v) is 1.44. The molecule has 0 saturated carbocycles. The van der Waals surface area contributed by atoms with Crippen LogP contribution in [0.5, 0.6) is 0 Å². The molecule has 1 heterocycles. The molecule has 1 rings (SSSR count). The smallest absolute Gasteiger partial charge is 0.0902 e. The van der Waals surface area contributed by atoms with Crippen molar-refractivity contribution in [1.29, 1.82) is 0 Å². The molecule has 0 aromatic heterocycles. The topological polar surface area (TPSA) is 38.7 Å². The minimum atomic E-state index is -0.717. The highest BCUT2D eigenvalue weighted by Gasteiger charge is 2.34. The highest BCUT2D eigenvalue weighted by Crippen LogP contribution is 2.25. The molecule has 2 unspecified atom stereocenters. The molecule has 11 heavy (non-hydrogen) atoms. The van der Waals surface area contributed by atoms with E-state index in [1.54, 1.807) is 14.0 Å². The minimum absolute atomic E-state index is 0.238. The van der Waals surface area contributed by atoms with Crippen molar-refractivity contribution in [2.45, 2.75) is 18.9 Å². The van der Waals surface area contributed by atoms with Gasteiger partial charge in [-0.2, -0.15) is 0 Å². The van der Waals surface area contributed by atoms with Crippen molar-refractivity contribution < 1.29 is 14.6 Å². The summed E-state index contributed by atoms with van der Waals surface area (Å²) < 4.78 is 10.1. The summed E-state index contributed by atoms with van der Waals surface area (Å²) in [6.45, 7) is 3.62. The quantitative estimate of drug-likeness (QED) is 0.650. The van der Waals surface area contributed by atoms with Crippen LogP contribution < -0.4 is 0 Å². The first kappa shape index (κ1) is 8.97. The Bertz CT molecular complexity index is 117. The summed E-state index contributed by atoms with van der Waals surface area (Å²) in [6.07, 6.45) is 0.941. The maximum atomic E-state index is 9.81. The standard InChI is InChI=1S/C8H16O3/c1-8(9,6-10-2)7-3-4-11-5-7/h7,9H,3-6H2,1-2H3. The Kier molecular flexibility index (Phi) is 2.87. The highest BCUT2D eigenvalue weighted by molar-refractivity contribution is 4.84. The van der Waals surface area contributed by atoms with Crippen molar-refractivity contribution in [3.63, 3.8) is 0 Å². The first-order valence-corrected chi connectivity index (χ1v) is 3.96. The zero-order chi connectivity index (χ0) is 8.32. The van der Waals surface area contributed by atoms with Crippen molar-refractivity contribution in [2.24, 2.45) is 5.92 Å². The molecule has 0 aliphatic carbocycles. The van der Waals surface area contributed by atoms with E-state index in [0.717, 1.165) is 13.0 Å². The molecule has 1 aliphatic heterocycles. The van der Waals surface area contributed by atoms with Gasteiger partial charge in [-0.15, -0.1) is 0 Å². The number of hydrogen-bond acceptors (Lipinski definition) is 3. The largest absolute Gasteiger partial charge is 0.387 e. The van der Waals surface area contributed by atoms with E-state index >= 15 is 0 Å². The van der Waals surface area contributed by atoms with Crippen molar-refractivity contribution in [1.82, 2.24) is 0 Å². The van der Waals surface area contributed by atoms with Gasteiger partial charge in [-0.25, -0.2) is 0 Å². The summed E-state index contributed by atoms with van der Waals surface area (Å²) in [5, 5.41) is 9.81. The van der Waals surface area contributed by atoms with E-state index in [4.69, 9.17) is 9.47 Å². The van der Waals surface area contributed by atoms with Gasteiger partial charge in [0, 0.05) is 19.6 Å². The molecule has 1 saturated heterocycles. The Morgan fingerprint density at radius 2 is 2.45 bits per heavy atom. The van der Waals surface area contributed by atoms with Crippen LogP contribution in [-0.4, -0.2) is 37.6 Å². The first-order valence-electron chi connectivity index (χ1n) is 3.96. The van der Waals surface area contributed by atoms with Crippen molar-refractivity contribution in [2.75, 3.05) is 26.9 Å². The predicted molar refractivity (Wildman–Crippen MR) is 41.4 cm³/mol. The predicted octanol–water partition coefficient (Wildman–Crippen LogP) is 0.420. The molecule has 1 fully saturated rings. The molecule has 0 spiro atoms. The van der Waals surface area contributed by atoms with Crippen molar-refractivity contribution in [3.05, 3.63) is 0 Å². The molecular weight excluding hydrogens is 144 g/mol. The summed E-state index contributed by atoms with van der Waals surface area (Å²) in [5.41, 5.74) is -0.717. The fourth-order valence-electron chi connectivity index (χ4n) is 1.44. The molecule has 3 heteroatoms. The van der Waals surface area contributed by atoms with E-state index in [2.05, 4.69) is 0 Å². The molecule has 0 radical (unpaired) electrons. The summed E-state index contributed by atoms with van der Waals surface area (Å²) in [5.74, 6) is 0.238. The number of methoxy groups -OCH3 is 1. The summed E-state index contributed by atoms with van der Waals surface area (Å²) >= 11 is 0. The molecular formula is C8H16O3. The number of aliphatic hydroxyl groups is 1. The van der Waals surface area contributed by atoms with Crippen LogP contribution in [0.1, 0.15) is 13.3 Å². The van der Waals surface area contributed by atoms with Gasteiger partial charge in [0.1, 0.15) is 0 Å². The maximum absolute atomic E-state index is 9.81. The number of ether oxygens (including phenoxy) is 2. The van der Waals surface area contributed by atoms with Gasteiger partial charge in [0.2, 0.25) is 0 Å². The van der Waals surface area contributed by atoms with Crippen LogP contribution in [0.2, 0.25) is 0 Å². The first-order chi connectivity index (χ1) is 5.17. The third-order valence-corrected chi connectivity index (χ3v) is 2.25. The molecule has 1 aliphatic rings. The van der Waals surface area contributed by atoms with Crippen LogP contribution in [0.25, 0.3) is 0 Å². The average Bonchev–Trinajstić information content (AvgIpc) is 2.37. The van der Waals surface area contributed by atoms with Gasteiger partial charge in [0.15, 0.2) is 0 Å². The van der Waals surface area contributed by atoms with E-state index in [0.29, 0.717) is 13.2 Å². The van der Waals surface area contributed by atoms with E-state index in [1.807, 2.05) is 0 Å². The van der Waals surface area contributed by atoms with Gasteiger partial charge in [-0.1, -0.05) is 0 Å². The third-order valence-electron chi connectivity index (χ3n) is 2.25. The zero-order valence-corrected chi connectivity index (χ0v) is 7.17. The second kappa shape index (κ2) is 3.52. The lowest BCUT2D eigenvalue weighted by atomic mass is 9.89. The SMILES string of the molecule is COCC(C)(O)C1CCOC1. The van der Waals surface area contributed by atoms with Crippen LogP contribution in [0.4, 0.5) is 0 Å². The Labute approximate surface area is 67.3 Å². The monoisotopic (exact) mass is 160 g/mol. The normalized spacial score (nSPS) is 30.3. The molecule has 1 N–H and O–H groups in total. The van der Waals surface area contributed by atoms with E-state index in [9.17, 15) is 5.11 Å². The lowest BCUT2D eigenvalue weighted by Crippen LogP contribution is -2.39. The highest BCUT2D eigenvalue weighted by atomic mass is 16.5. The Hall–Kier alpha value is -0.120. The summed E-state index contributed by atoms with van der Waals surface area (Å²) in [7, 11) is 1.60.